The number of anilines is 1. The van der Waals surface area contributed by atoms with Gasteiger partial charge in [-0.05, 0) is 32.0 Å². The minimum absolute atomic E-state index is 0.0930. The monoisotopic (exact) mass is 302 g/mol. The molecule has 1 aromatic carbocycles. The van der Waals surface area contributed by atoms with E-state index in [2.05, 4.69) is 22.1 Å². The molecule has 0 saturated heterocycles. The molecule has 6 heteroatoms. The van der Waals surface area contributed by atoms with Gasteiger partial charge < -0.3 is 5.32 Å². The second-order valence-corrected chi connectivity index (χ2v) is 5.78. The lowest BCUT2D eigenvalue weighted by Gasteiger charge is -2.10. The molecule has 2 aromatic rings. The Morgan fingerprint density at radius 1 is 1.38 bits per heavy atom. The van der Waals surface area contributed by atoms with Gasteiger partial charge in [0.05, 0.1) is 5.69 Å². The van der Waals surface area contributed by atoms with Crippen molar-refractivity contribution in [1.82, 2.24) is 14.8 Å². The molecular formula is C15H18N4OS. The van der Waals surface area contributed by atoms with Crippen LogP contribution in [0.5, 0.6) is 0 Å². The lowest BCUT2D eigenvalue weighted by Crippen LogP contribution is -2.07. The predicted octanol–water partition coefficient (Wildman–Crippen LogP) is 3.20. The molecule has 0 aliphatic rings. The first-order valence-electron chi connectivity index (χ1n) is 6.54. The minimum atomic E-state index is -0.0930. The molecular weight excluding hydrogens is 284 g/mol. The molecule has 1 N–H and O–H groups in total. The number of nitrogens with zero attached hydrogens (tertiary/aromatic N) is 3. The molecule has 0 fully saturated rings. The maximum absolute atomic E-state index is 11.2. The normalized spacial score (nSPS) is 10.4. The summed E-state index contributed by atoms with van der Waals surface area (Å²) in [4.78, 5) is 11.2. The van der Waals surface area contributed by atoms with Gasteiger partial charge in [-0.25, -0.2) is 0 Å². The fourth-order valence-electron chi connectivity index (χ4n) is 1.85. The number of amides is 1. The molecule has 0 aliphatic carbocycles. The van der Waals surface area contributed by atoms with E-state index in [4.69, 9.17) is 0 Å². The Labute approximate surface area is 128 Å². The minimum Gasteiger partial charge on any atom is -0.326 e. The number of rotatable bonds is 5. The Morgan fingerprint density at radius 2 is 2.14 bits per heavy atom. The van der Waals surface area contributed by atoms with Crippen LogP contribution in [0.2, 0.25) is 0 Å². The summed E-state index contributed by atoms with van der Waals surface area (Å²) >= 11 is 1.59. The average Bonchev–Trinajstić information content (AvgIpc) is 2.77. The van der Waals surface area contributed by atoms with E-state index in [1.165, 1.54) is 6.92 Å². The summed E-state index contributed by atoms with van der Waals surface area (Å²) in [5, 5.41) is 11.9. The van der Waals surface area contributed by atoms with Crippen molar-refractivity contribution < 1.29 is 4.79 Å². The molecule has 0 radical (unpaired) electrons. The summed E-state index contributed by atoms with van der Waals surface area (Å²) in [5.74, 6) is 1.51. The number of carbonyl (C=O) groups excluding carboxylic acids is 1. The molecule has 5 nitrogen and oxygen atoms in total. The van der Waals surface area contributed by atoms with Crippen LogP contribution in [0.4, 0.5) is 5.69 Å². The van der Waals surface area contributed by atoms with Gasteiger partial charge in [-0.3, -0.25) is 9.36 Å². The Balaban J connectivity index is 2.34. The summed E-state index contributed by atoms with van der Waals surface area (Å²) in [6, 6.07) is 7.62. The van der Waals surface area contributed by atoms with E-state index in [9.17, 15) is 4.79 Å². The van der Waals surface area contributed by atoms with Crippen molar-refractivity contribution in [2.24, 2.45) is 0 Å². The van der Waals surface area contributed by atoms with Crippen LogP contribution in [0.1, 0.15) is 19.7 Å². The maximum Gasteiger partial charge on any atom is 0.221 e. The van der Waals surface area contributed by atoms with Gasteiger partial charge in [0, 0.05) is 18.4 Å². The highest BCUT2D eigenvalue weighted by Crippen LogP contribution is 2.24. The summed E-state index contributed by atoms with van der Waals surface area (Å²) in [5.41, 5.74) is 2.76. The molecule has 110 valence electrons. The molecule has 1 amide bonds. The standard InChI is InChI=1S/C15H18N4OS/c1-10(2)9-21-15-18-17-11(3)19(15)14-7-5-6-13(8-14)16-12(4)20/h5-8H,1,9H2,2-4H3,(H,16,20). The van der Waals surface area contributed by atoms with Crippen molar-refractivity contribution in [3.63, 3.8) is 0 Å². The first kappa shape index (κ1) is 15.3. The number of hydrogen-bond acceptors (Lipinski definition) is 4. The Morgan fingerprint density at radius 3 is 2.81 bits per heavy atom. The van der Waals surface area contributed by atoms with Crippen molar-refractivity contribution in [2.75, 3.05) is 11.1 Å². The van der Waals surface area contributed by atoms with Crippen LogP contribution in [0.15, 0.2) is 41.6 Å². The van der Waals surface area contributed by atoms with Gasteiger partial charge in [-0.15, -0.1) is 10.2 Å². The second kappa shape index (κ2) is 6.58. The Bertz CT molecular complexity index is 678. The van der Waals surface area contributed by atoms with Gasteiger partial charge in [-0.2, -0.15) is 0 Å². The van der Waals surface area contributed by atoms with Gasteiger partial charge in [0.2, 0.25) is 5.91 Å². The third kappa shape index (κ3) is 3.95. The lowest BCUT2D eigenvalue weighted by molar-refractivity contribution is -0.114. The summed E-state index contributed by atoms with van der Waals surface area (Å²) in [7, 11) is 0. The van der Waals surface area contributed by atoms with Crippen molar-refractivity contribution in [2.45, 2.75) is 25.9 Å². The molecule has 21 heavy (non-hydrogen) atoms. The van der Waals surface area contributed by atoms with Crippen LogP contribution in [0.3, 0.4) is 0 Å². The third-order valence-electron chi connectivity index (χ3n) is 2.67. The zero-order valence-corrected chi connectivity index (χ0v) is 13.2. The summed E-state index contributed by atoms with van der Waals surface area (Å²) in [6.45, 7) is 9.28. The van der Waals surface area contributed by atoms with Crippen LogP contribution < -0.4 is 5.32 Å². The van der Waals surface area contributed by atoms with E-state index in [1.807, 2.05) is 42.7 Å². The molecule has 0 spiro atoms. The van der Waals surface area contributed by atoms with Gasteiger partial charge in [0.25, 0.3) is 0 Å². The maximum atomic E-state index is 11.2. The fourth-order valence-corrected chi connectivity index (χ4v) is 2.69. The van der Waals surface area contributed by atoms with E-state index in [-0.39, 0.29) is 5.91 Å². The van der Waals surface area contributed by atoms with E-state index in [0.717, 1.165) is 33.7 Å². The number of benzene rings is 1. The number of hydrogen-bond donors (Lipinski definition) is 1. The molecule has 0 atom stereocenters. The van der Waals surface area contributed by atoms with Gasteiger partial charge >= 0.3 is 0 Å². The quantitative estimate of drug-likeness (QED) is 0.680. The SMILES string of the molecule is C=C(C)CSc1nnc(C)n1-c1cccc(NC(C)=O)c1. The fraction of sp³-hybridized carbons (Fsp3) is 0.267. The first-order chi connectivity index (χ1) is 9.97. The number of carbonyl (C=O) groups is 1. The smallest absolute Gasteiger partial charge is 0.221 e. The van der Waals surface area contributed by atoms with Crippen molar-refractivity contribution in [1.29, 1.82) is 0 Å². The molecule has 0 unspecified atom stereocenters. The zero-order chi connectivity index (χ0) is 15.4. The van der Waals surface area contributed by atoms with Crippen molar-refractivity contribution in [3.05, 3.63) is 42.2 Å². The van der Waals surface area contributed by atoms with Gasteiger partial charge in [0.15, 0.2) is 5.16 Å². The number of aromatic nitrogens is 3. The van der Waals surface area contributed by atoms with E-state index in [1.54, 1.807) is 11.8 Å². The molecule has 0 saturated carbocycles. The van der Waals surface area contributed by atoms with Crippen LogP contribution in [0.25, 0.3) is 5.69 Å². The Kier molecular flexibility index (Phi) is 4.80. The molecule has 1 aromatic heterocycles. The van der Waals surface area contributed by atoms with Crippen LogP contribution in [-0.4, -0.2) is 26.4 Å². The largest absolute Gasteiger partial charge is 0.326 e. The van der Waals surface area contributed by atoms with Crippen LogP contribution >= 0.6 is 11.8 Å². The topological polar surface area (TPSA) is 59.8 Å². The number of aryl methyl sites for hydroxylation is 1. The van der Waals surface area contributed by atoms with E-state index >= 15 is 0 Å². The summed E-state index contributed by atoms with van der Waals surface area (Å²) < 4.78 is 1.97. The first-order valence-corrected chi connectivity index (χ1v) is 7.53. The number of thioether (sulfide) groups is 1. The summed E-state index contributed by atoms with van der Waals surface area (Å²) in [6.07, 6.45) is 0. The van der Waals surface area contributed by atoms with E-state index < -0.39 is 0 Å². The average molecular weight is 302 g/mol. The van der Waals surface area contributed by atoms with Crippen molar-refractivity contribution in [3.8, 4) is 5.69 Å². The predicted molar refractivity (Wildman–Crippen MR) is 85.9 cm³/mol. The van der Waals surface area contributed by atoms with Gasteiger partial charge in [0.1, 0.15) is 5.82 Å². The lowest BCUT2D eigenvalue weighted by atomic mass is 10.2. The van der Waals surface area contributed by atoms with Crippen molar-refractivity contribution >= 4 is 23.4 Å². The molecule has 2 rings (SSSR count). The Hall–Kier alpha value is -2.08. The van der Waals surface area contributed by atoms with Gasteiger partial charge in [-0.1, -0.05) is 30.0 Å². The molecule has 0 aliphatic heterocycles. The third-order valence-corrected chi connectivity index (χ3v) is 3.83. The van der Waals surface area contributed by atoms with Crippen LogP contribution in [0, 0.1) is 6.92 Å². The highest BCUT2D eigenvalue weighted by atomic mass is 32.2. The highest BCUT2D eigenvalue weighted by molar-refractivity contribution is 7.99. The number of nitrogens with one attached hydrogen (secondary N) is 1. The molecule has 0 bridgehead atoms. The van der Waals surface area contributed by atoms with E-state index in [0.29, 0.717) is 0 Å². The zero-order valence-electron chi connectivity index (χ0n) is 12.4. The molecule has 1 heterocycles. The van der Waals surface area contributed by atoms with Crippen LogP contribution in [-0.2, 0) is 4.79 Å². The second-order valence-electron chi connectivity index (χ2n) is 4.84. The highest BCUT2D eigenvalue weighted by Gasteiger charge is 2.12.